The van der Waals surface area contributed by atoms with Crippen LogP contribution in [0.25, 0.3) is 60.9 Å². The van der Waals surface area contributed by atoms with E-state index < -0.39 is 12.5 Å². The predicted octanol–water partition coefficient (Wildman–Crippen LogP) is 8.47. The van der Waals surface area contributed by atoms with E-state index in [1.165, 1.54) is 55.3 Å². The number of fused-ring (bicyclic) bond motifs is 14. The molecular weight excluding hydrogens is 573 g/mol. The number of rotatable bonds is 3. The van der Waals surface area contributed by atoms with E-state index >= 15 is 0 Å². The van der Waals surface area contributed by atoms with Gasteiger partial charge in [-0.25, -0.2) is 0 Å². The van der Waals surface area contributed by atoms with Crippen LogP contribution in [0.5, 0.6) is 0 Å². The molecule has 8 aromatic rings. The van der Waals surface area contributed by atoms with E-state index in [4.69, 9.17) is 0 Å². The molecule has 1 heterocycles. The molecule has 2 N–H and O–H groups in total. The average Bonchev–Trinajstić information content (AvgIpc) is 3.73. The molecule has 3 nitrogen and oxygen atoms in total. The molecule has 0 radical (unpaired) electrons. The zero-order valence-corrected chi connectivity index (χ0v) is 25.4. The maximum absolute atomic E-state index is 10.4. The fraction of sp³-hybridized carbons (Fsp3) is 0.0233. The number of nitrogens with zero attached hydrogens (tertiary/aromatic N) is 1. The first-order valence-electron chi connectivity index (χ1n) is 16.1. The lowest BCUT2D eigenvalue weighted by Gasteiger charge is -2.30. The molecule has 0 bridgehead atoms. The fourth-order valence-electron chi connectivity index (χ4n) is 8.75. The highest BCUT2D eigenvalue weighted by molar-refractivity contribution is 6.60. The van der Waals surface area contributed by atoms with Gasteiger partial charge in [0.2, 0.25) is 0 Å². The topological polar surface area (TPSA) is 45.4 Å². The van der Waals surface area contributed by atoms with Gasteiger partial charge in [0, 0.05) is 21.9 Å². The molecular formula is C43H28BNO2. The van der Waals surface area contributed by atoms with Gasteiger partial charge in [0.15, 0.2) is 0 Å². The molecule has 2 aliphatic carbocycles. The van der Waals surface area contributed by atoms with E-state index in [1.807, 2.05) is 24.3 Å². The van der Waals surface area contributed by atoms with Gasteiger partial charge in [0.05, 0.1) is 22.1 Å². The van der Waals surface area contributed by atoms with Crippen LogP contribution in [0.15, 0.2) is 158 Å². The summed E-state index contributed by atoms with van der Waals surface area (Å²) in [5.74, 6) is 0. The normalized spacial score (nSPS) is 13.5. The van der Waals surface area contributed by atoms with Crippen LogP contribution in [-0.4, -0.2) is 21.7 Å². The number of aromatic nitrogens is 1. The van der Waals surface area contributed by atoms with Crippen molar-refractivity contribution in [3.8, 4) is 39.1 Å². The summed E-state index contributed by atoms with van der Waals surface area (Å²) in [5.41, 5.74) is 15.3. The van der Waals surface area contributed by atoms with Crippen LogP contribution in [0.2, 0.25) is 0 Å². The standard InChI is InChI=1S/C43H28BNO2/c46-44(47)38-22-10-4-15-29(38)30-16-5-11-23-39(30)45-40-24-12-6-17-31(40)32-25-26-37-41(42(32)45)33-18-3-9-21-36(33)43(37)34-19-7-1-13-27(34)28-14-2-8-20-35(28)43/h1-26,46-47H. The van der Waals surface area contributed by atoms with E-state index in [2.05, 4.69) is 132 Å². The van der Waals surface area contributed by atoms with Crippen molar-refractivity contribution in [3.63, 3.8) is 0 Å². The molecule has 1 aromatic heterocycles. The first-order chi connectivity index (χ1) is 23.2. The van der Waals surface area contributed by atoms with E-state index in [9.17, 15) is 10.0 Å². The zero-order chi connectivity index (χ0) is 31.3. The smallest absolute Gasteiger partial charge is 0.423 e. The number of hydrogen-bond donors (Lipinski definition) is 2. The Bertz CT molecular complexity index is 2530. The third-order valence-corrected chi connectivity index (χ3v) is 10.5. The third-order valence-electron chi connectivity index (χ3n) is 10.5. The van der Waals surface area contributed by atoms with Gasteiger partial charge in [-0.15, -0.1) is 0 Å². The van der Waals surface area contributed by atoms with Gasteiger partial charge >= 0.3 is 7.12 Å². The summed E-state index contributed by atoms with van der Waals surface area (Å²) in [7, 11) is -1.59. The molecule has 0 aliphatic heterocycles. The summed E-state index contributed by atoms with van der Waals surface area (Å²) in [6.45, 7) is 0. The van der Waals surface area contributed by atoms with Crippen LogP contribution in [0.3, 0.4) is 0 Å². The lowest BCUT2D eigenvalue weighted by molar-refractivity contribution is 0.426. The lowest BCUT2D eigenvalue weighted by atomic mass is 9.70. The molecule has 2 aliphatic rings. The number of para-hydroxylation sites is 2. The van der Waals surface area contributed by atoms with Crippen molar-refractivity contribution >= 4 is 34.4 Å². The second-order valence-electron chi connectivity index (χ2n) is 12.6. The van der Waals surface area contributed by atoms with Crippen molar-refractivity contribution in [2.24, 2.45) is 0 Å². The predicted molar refractivity (Wildman–Crippen MR) is 192 cm³/mol. The second-order valence-corrected chi connectivity index (χ2v) is 12.6. The van der Waals surface area contributed by atoms with Crippen molar-refractivity contribution in [1.29, 1.82) is 0 Å². The Morgan fingerprint density at radius 3 is 1.66 bits per heavy atom. The van der Waals surface area contributed by atoms with Crippen molar-refractivity contribution in [2.45, 2.75) is 5.41 Å². The molecule has 0 fully saturated rings. The van der Waals surface area contributed by atoms with E-state index in [0.29, 0.717) is 5.46 Å². The minimum atomic E-state index is -1.59. The minimum absolute atomic E-state index is 0.443. The highest BCUT2D eigenvalue weighted by Crippen LogP contribution is 2.64. The maximum atomic E-state index is 10.4. The van der Waals surface area contributed by atoms with Crippen LogP contribution < -0.4 is 5.46 Å². The molecule has 220 valence electrons. The Balaban J connectivity index is 1.39. The van der Waals surface area contributed by atoms with Crippen molar-refractivity contribution < 1.29 is 10.0 Å². The first kappa shape index (κ1) is 26.5. The summed E-state index contributed by atoms with van der Waals surface area (Å²) in [5, 5.41) is 23.2. The van der Waals surface area contributed by atoms with E-state index in [-0.39, 0.29) is 0 Å². The van der Waals surface area contributed by atoms with Crippen LogP contribution >= 0.6 is 0 Å². The molecule has 0 amide bonds. The van der Waals surface area contributed by atoms with Gasteiger partial charge < -0.3 is 14.6 Å². The Kier molecular flexibility index (Phi) is 5.46. The Morgan fingerprint density at radius 1 is 0.426 bits per heavy atom. The van der Waals surface area contributed by atoms with Gasteiger partial charge in [0.25, 0.3) is 0 Å². The van der Waals surface area contributed by atoms with E-state index in [1.54, 1.807) is 6.07 Å². The third kappa shape index (κ3) is 3.33. The monoisotopic (exact) mass is 601 g/mol. The van der Waals surface area contributed by atoms with Crippen molar-refractivity contribution in [3.05, 3.63) is 180 Å². The summed E-state index contributed by atoms with van der Waals surface area (Å²) in [4.78, 5) is 0. The highest BCUT2D eigenvalue weighted by atomic mass is 16.4. The summed E-state index contributed by atoms with van der Waals surface area (Å²) in [6, 6.07) is 55.9. The molecule has 0 unspecified atom stereocenters. The van der Waals surface area contributed by atoms with Gasteiger partial charge in [-0.1, -0.05) is 146 Å². The molecule has 0 atom stereocenters. The number of benzene rings is 7. The zero-order valence-electron chi connectivity index (χ0n) is 25.4. The molecule has 47 heavy (non-hydrogen) atoms. The Labute approximate surface area is 272 Å². The molecule has 7 aromatic carbocycles. The maximum Gasteiger partial charge on any atom is 0.489 e. The summed E-state index contributed by atoms with van der Waals surface area (Å²) < 4.78 is 2.40. The molecule has 0 saturated carbocycles. The quantitative estimate of drug-likeness (QED) is 0.200. The molecule has 0 saturated heterocycles. The molecule has 10 rings (SSSR count). The molecule has 1 spiro atoms. The highest BCUT2D eigenvalue weighted by Gasteiger charge is 2.52. The van der Waals surface area contributed by atoms with Crippen LogP contribution in [-0.2, 0) is 5.41 Å². The molecule has 4 heteroatoms. The van der Waals surface area contributed by atoms with Crippen LogP contribution in [0.4, 0.5) is 0 Å². The van der Waals surface area contributed by atoms with E-state index in [0.717, 1.165) is 27.8 Å². The van der Waals surface area contributed by atoms with Gasteiger partial charge in [-0.2, -0.15) is 0 Å². The first-order valence-corrected chi connectivity index (χ1v) is 16.1. The van der Waals surface area contributed by atoms with Crippen molar-refractivity contribution in [1.82, 2.24) is 4.57 Å². The Morgan fingerprint density at radius 2 is 0.957 bits per heavy atom. The minimum Gasteiger partial charge on any atom is -0.423 e. The SMILES string of the molecule is OB(O)c1ccccc1-c1ccccc1-n1c2ccccc2c2ccc3c(c21)-c1ccccc1C31c2ccccc2-c2ccccc21. The summed E-state index contributed by atoms with van der Waals surface area (Å²) >= 11 is 0. The Hall–Kier alpha value is -5.68. The average molecular weight is 602 g/mol. The lowest BCUT2D eigenvalue weighted by Crippen LogP contribution is -2.31. The van der Waals surface area contributed by atoms with Crippen LogP contribution in [0.1, 0.15) is 22.3 Å². The number of hydrogen-bond acceptors (Lipinski definition) is 2. The van der Waals surface area contributed by atoms with Crippen molar-refractivity contribution in [2.75, 3.05) is 0 Å². The largest absolute Gasteiger partial charge is 0.489 e. The van der Waals surface area contributed by atoms with Gasteiger partial charge in [-0.3, -0.25) is 0 Å². The second kappa shape index (κ2) is 9.67. The van der Waals surface area contributed by atoms with Gasteiger partial charge in [-0.05, 0) is 62.1 Å². The fourth-order valence-corrected chi connectivity index (χ4v) is 8.75. The van der Waals surface area contributed by atoms with Gasteiger partial charge in [0.1, 0.15) is 0 Å². The van der Waals surface area contributed by atoms with Crippen LogP contribution in [0, 0.1) is 0 Å². The summed E-state index contributed by atoms with van der Waals surface area (Å²) in [6.07, 6.45) is 0.